The molecule has 634 valence electrons. The Hall–Kier alpha value is -7.14. The molecule has 108 heavy (non-hydrogen) atoms. The van der Waals surface area contributed by atoms with E-state index in [2.05, 4.69) is 52.6 Å². The first-order valence-electron chi connectivity index (χ1n) is 32.9. The van der Waals surface area contributed by atoms with E-state index in [-0.39, 0.29) is 165 Å². The van der Waals surface area contributed by atoms with Gasteiger partial charge in [-0.2, -0.15) is 0 Å². The van der Waals surface area contributed by atoms with Crippen LogP contribution in [0.2, 0.25) is 0 Å². The summed E-state index contributed by atoms with van der Waals surface area (Å²) in [4.78, 5) is 158. The smallest absolute Gasteiger partial charge is 0.263 e. The lowest BCUT2D eigenvalue weighted by Crippen LogP contribution is -2.49. The molecule has 0 fully saturated rings. The molecule has 0 aromatic carbocycles. The predicted molar refractivity (Wildman–Crippen MR) is 386 cm³/mol. The summed E-state index contributed by atoms with van der Waals surface area (Å²) in [7, 11) is 0. The molecule has 0 aliphatic carbocycles. The van der Waals surface area contributed by atoms with Gasteiger partial charge in [0.2, 0.25) is 0 Å². The number of nitrogens with one attached hydrogen (secondary N) is 8. The monoisotopic (exact) mass is 1570 g/mol. The summed E-state index contributed by atoms with van der Waals surface area (Å²) >= 11 is 0. The zero-order chi connectivity index (χ0) is 83.1. The van der Waals surface area contributed by atoms with E-state index >= 15 is 0 Å². The van der Waals surface area contributed by atoms with E-state index in [1.54, 1.807) is 23.6 Å². The van der Waals surface area contributed by atoms with Gasteiger partial charge in [-0.05, 0) is 26.7 Å². The van der Waals surface area contributed by atoms with Gasteiger partial charge in [-0.15, -0.1) is 52.6 Å². The number of amides is 8. The quantitative estimate of drug-likeness (QED) is 0.00511. The molecule has 0 aromatic heterocycles. The van der Waals surface area contributed by atoms with Crippen LogP contribution in [0.25, 0.3) is 0 Å². The number of hydrogen-bond donors (Lipinski definition) is 16. The van der Waals surface area contributed by atoms with Crippen molar-refractivity contribution in [1.82, 2.24) is 63.0 Å². The summed E-state index contributed by atoms with van der Waals surface area (Å²) in [6, 6.07) is 0. The maximum Gasteiger partial charge on any atom is 0.263 e. The largest absolute Gasteiger partial charge is 0.378 e. The molecule has 4 atom stereocenters. The van der Waals surface area contributed by atoms with Crippen LogP contribution in [-0.2, 0) is 134 Å². The summed E-state index contributed by atoms with van der Waals surface area (Å²) in [5.41, 5.74) is 15.7. The van der Waals surface area contributed by atoms with Gasteiger partial charge in [-0.3, -0.25) is 101 Å². The molecule has 0 aromatic rings. The van der Waals surface area contributed by atoms with Gasteiger partial charge < -0.3 is 57.0 Å². The highest BCUT2D eigenvalue weighted by Crippen LogP contribution is 2.16. The third-order valence-electron chi connectivity index (χ3n) is 12.4. The van der Waals surface area contributed by atoms with Crippen molar-refractivity contribution in [3.05, 3.63) is 52.6 Å². The Kier molecular flexibility index (Phi) is 97.5. The fraction of sp³-hybridized carbons (Fsp3) is 0.700. The van der Waals surface area contributed by atoms with Crippen molar-refractivity contribution < 1.29 is 134 Å². The molecule has 0 heterocycles. The zero-order valence-corrected chi connectivity index (χ0v) is 62.7. The van der Waals surface area contributed by atoms with E-state index in [0.717, 1.165) is 0 Å². The predicted octanol–water partition coefficient (Wildman–Crippen LogP) is -8.88. The molecule has 48 heteroatoms. The minimum Gasteiger partial charge on any atom is -0.378 e. The van der Waals surface area contributed by atoms with E-state index in [1.165, 1.54) is 0 Å². The highest BCUT2D eigenvalue weighted by Gasteiger charge is 2.31. The Bertz CT molecular complexity index is 2050. The summed E-state index contributed by atoms with van der Waals surface area (Å²) in [6.45, 7) is 31.7. The van der Waals surface area contributed by atoms with Crippen molar-refractivity contribution in [2.24, 2.45) is 46.7 Å². The van der Waals surface area contributed by atoms with Gasteiger partial charge >= 0.3 is 0 Å². The van der Waals surface area contributed by atoms with Crippen LogP contribution in [0.5, 0.6) is 0 Å². The van der Waals surface area contributed by atoms with Gasteiger partial charge in [0.05, 0.1) is 92.5 Å². The average Bonchev–Trinajstić information content (AvgIpc) is 0.872. The van der Waals surface area contributed by atoms with Gasteiger partial charge in [0, 0.05) is 78.7 Å². The fourth-order valence-electron chi connectivity index (χ4n) is 7.36. The standard InChI is InChI=1S/C50H106N20O26.4C2H4.2CH2O/c1-39(69(11-21-88-92-35-47(75)63-55)12-22-89-93-36-48(76)64-56)87-30-42(96-40(2)70(13-23-90-94-37-49(77)65-57)14-24-91-95-38-50(78)66-58)41(86-20-10-68(6-4-16-82-32-44(72)60-52)8-18-80-26-28-85-34-46(74)62-54)29-83-19-9-67(5-3-15-81-31-43(71)59-51)7-17-79-25-27-84-33-45(73)61-53;6*1-2/h39-42H,3-38,51-58H2,1-2H3,(H,59,71)(H,60,72)(H,61,73)(H,62,74)(H,63,75)(H,64,76)(H,65,77)(H,66,78);4*1-2H2;2*1H2. The minimum absolute atomic E-state index is 0.0375. The van der Waals surface area contributed by atoms with Crippen LogP contribution in [0.15, 0.2) is 52.6 Å². The molecule has 0 spiro atoms. The molecule has 4 unspecified atom stereocenters. The lowest BCUT2D eigenvalue weighted by molar-refractivity contribution is -0.301. The van der Waals surface area contributed by atoms with E-state index in [9.17, 15) is 38.4 Å². The van der Waals surface area contributed by atoms with Crippen LogP contribution in [-0.4, -0.2) is 329 Å². The number of hydrazine groups is 8. The Balaban J connectivity index is -0.00000161. The first-order valence-corrected chi connectivity index (χ1v) is 32.9. The number of nitrogens with zero attached hydrogens (tertiary/aromatic N) is 4. The Morgan fingerprint density at radius 3 is 0.861 bits per heavy atom. The van der Waals surface area contributed by atoms with Crippen molar-refractivity contribution in [2.45, 2.75) is 51.4 Å². The third kappa shape index (κ3) is 77.0. The van der Waals surface area contributed by atoms with Gasteiger partial charge in [-0.1, -0.05) is 0 Å². The van der Waals surface area contributed by atoms with Crippen molar-refractivity contribution in [1.29, 1.82) is 0 Å². The SMILES string of the molecule is C=C.C=C.C=C.C=C.C=O.C=O.CC(OCC(OC(C)N(CCOOCC(=O)NN)CCOOCC(=O)NN)C(COCCN(CCCOCC(=O)NN)CCOCCOCC(=O)NN)OCCN(CCCOCC(=O)NN)CCOCCOCC(=O)NN)N(CCOOCC(=O)NN)CCOOCC(=O)NN. The molecule has 24 N–H and O–H groups in total. The summed E-state index contributed by atoms with van der Waals surface area (Å²) in [5, 5.41) is 0. The molecule has 0 saturated carbocycles. The minimum atomic E-state index is -1.03. The van der Waals surface area contributed by atoms with Gasteiger partial charge in [-0.25, -0.2) is 85.8 Å². The normalized spacial score (nSPS) is 11.6. The average molecular weight is 1580 g/mol. The number of hydrogen-bond acceptors (Lipinski definition) is 40. The van der Waals surface area contributed by atoms with Gasteiger partial charge in [0.25, 0.3) is 47.3 Å². The molecule has 8 amide bonds. The maximum atomic E-state index is 11.8. The Labute approximate surface area is 631 Å². The summed E-state index contributed by atoms with van der Waals surface area (Å²) < 4.78 is 59.9. The van der Waals surface area contributed by atoms with Gasteiger partial charge in [0.1, 0.15) is 64.7 Å². The van der Waals surface area contributed by atoms with Crippen molar-refractivity contribution in [3.8, 4) is 0 Å². The second-order valence-electron chi connectivity index (χ2n) is 19.5. The lowest BCUT2D eigenvalue weighted by atomic mass is 10.2. The van der Waals surface area contributed by atoms with E-state index in [1.807, 2.05) is 66.8 Å². The summed E-state index contributed by atoms with van der Waals surface area (Å²) in [6.07, 6.45) is -2.72. The van der Waals surface area contributed by atoms with Gasteiger partial charge in [0.15, 0.2) is 26.4 Å². The topological polar surface area (TPSA) is 654 Å². The van der Waals surface area contributed by atoms with Crippen LogP contribution in [0.4, 0.5) is 0 Å². The molecule has 0 rings (SSSR count). The van der Waals surface area contributed by atoms with Crippen LogP contribution in [0.1, 0.15) is 26.7 Å². The van der Waals surface area contributed by atoms with Crippen LogP contribution in [0, 0.1) is 0 Å². The molecule has 0 saturated heterocycles. The number of carbonyl (C=O) groups is 10. The molecule has 48 nitrogen and oxygen atoms in total. The third-order valence-corrected chi connectivity index (χ3v) is 12.4. The molecule has 0 radical (unpaired) electrons. The van der Waals surface area contributed by atoms with Crippen LogP contribution >= 0.6 is 0 Å². The maximum absolute atomic E-state index is 11.8. The van der Waals surface area contributed by atoms with Crippen molar-refractivity contribution >= 4 is 60.8 Å². The molecular formula is C60H126N20O28. The first kappa shape index (κ1) is 114. The number of carbonyl (C=O) groups excluding carboxylic acids is 10. The Morgan fingerprint density at radius 2 is 0.546 bits per heavy atom. The number of nitrogens with two attached hydrogens (primary N) is 8. The molecular weight excluding hydrogens is 1450 g/mol. The van der Waals surface area contributed by atoms with Crippen LogP contribution in [0.3, 0.4) is 0 Å². The highest BCUT2D eigenvalue weighted by molar-refractivity contribution is 5.78. The second-order valence-corrected chi connectivity index (χ2v) is 19.5. The number of ether oxygens (including phenoxy) is 10. The second kappa shape index (κ2) is 92.2. The lowest BCUT2D eigenvalue weighted by Gasteiger charge is -2.36. The summed E-state index contributed by atoms with van der Waals surface area (Å²) in [5.74, 6) is 36.8. The fourth-order valence-corrected chi connectivity index (χ4v) is 7.36. The molecule has 0 bridgehead atoms. The molecule has 0 aliphatic rings. The molecule has 0 aliphatic heterocycles. The number of rotatable bonds is 69. The highest BCUT2D eigenvalue weighted by atomic mass is 17.2. The Morgan fingerprint density at radius 1 is 0.278 bits per heavy atom. The van der Waals surface area contributed by atoms with Crippen LogP contribution < -0.4 is 90.1 Å². The van der Waals surface area contributed by atoms with Crippen molar-refractivity contribution in [3.63, 3.8) is 0 Å². The first-order chi connectivity index (χ1) is 52.5. The van der Waals surface area contributed by atoms with E-state index in [4.69, 9.17) is 143 Å². The van der Waals surface area contributed by atoms with E-state index < -0.39 is 98.3 Å². The zero-order valence-electron chi connectivity index (χ0n) is 62.7. The van der Waals surface area contributed by atoms with E-state index in [0.29, 0.717) is 45.6 Å². The van der Waals surface area contributed by atoms with Crippen molar-refractivity contribution in [2.75, 3.05) is 224 Å².